The number of hydrogen-bond acceptors (Lipinski definition) is 5. The van der Waals surface area contributed by atoms with E-state index in [0.717, 1.165) is 50.7 Å². The summed E-state index contributed by atoms with van der Waals surface area (Å²) in [5.41, 5.74) is 2.37. The molecule has 2 heterocycles. The van der Waals surface area contributed by atoms with E-state index in [9.17, 15) is 0 Å². The molecule has 5 nitrogen and oxygen atoms in total. The minimum Gasteiger partial charge on any atom is -0.380 e. The highest BCUT2D eigenvalue weighted by Crippen LogP contribution is 2.14. The smallest absolute Gasteiger partial charge is 0.151 e. The van der Waals surface area contributed by atoms with Crippen molar-refractivity contribution >= 4 is 0 Å². The van der Waals surface area contributed by atoms with Gasteiger partial charge in [-0.25, -0.2) is 0 Å². The van der Waals surface area contributed by atoms with E-state index >= 15 is 0 Å². The van der Waals surface area contributed by atoms with Gasteiger partial charge in [-0.1, -0.05) is 25.1 Å². The minimum atomic E-state index is 0.460. The van der Waals surface area contributed by atoms with Crippen molar-refractivity contribution in [3.8, 4) is 0 Å². The second-order valence-corrected chi connectivity index (χ2v) is 5.60. The van der Waals surface area contributed by atoms with E-state index in [2.05, 4.69) is 35.3 Å². The molecule has 1 aromatic rings. The predicted molar refractivity (Wildman–Crippen MR) is 78.3 cm³/mol. The van der Waals surface area contributed by atoms with Crippen LogP contribution in [0.1, 0.15) is 31.7 Å². The molecule has 1 aromatic heterocycles. The quantitative estimate of drug-likeness (QED) is 0.773. The molecule has 0 saturated heterocycles. The van der Waals surface area contributed by atoms with Crippen molar-refractivity contribution in [2.75, 3.05) is 26.8 Å². The highest BCUT2D eigenvalue weighted by Gasteiger charge is 2.14. The van der Waals surface area contributed by atoms with Gasteiger partial charge in [0, 0.05) is 38.9 Å². The molecular formula is C15H25N3O2. The summed E-state index contributed by atoms with van der Waals surface area (Å²) < 4.78 is 10.6. The van der Waals surface area contributed by atoms with Crippen LogP contribution in [0.4, 0.5) is 0 Å². The first-order valence-electron chi connectivity index (χ1n) is 7.24. The van der Waals surface area contributed by atoms with Gasteiger partial charge in [0.2, 0.25) is 0 Å². The van der Waals surface area contributed by atoms with Crippen LogP contribution in [0, 0.1) is 0 Å². The minimum absolute atomic E-state index is 0.460. The fraction of sp³-hybridized carbons (Fsp3) is 0.667. The Morgan fingerprint density at radius 1 is 1.50 bits per heavy atom. The average molecular weight is 279 g/mol. The molecule has 1 aliphatic rings. The summed E-state index contributed by atoms with van der Waals surface area (Å²) in [4.78, 5) is 2.36. The summed E-state index contributed by atoms with van der Waals surface area (Å²) in [7, 11) is 1.74. The van der Waals surface area contributed by atoms with E-state index in [-0.39, 0.29) is 0 Å². The standard InChI is InChI=1S/C15H25N3O2/c1-12(2)16-9-14-8-15(20-17-14)10-18-6-4-13(5-7-18)11-19-3/h4,8,12,16H,5-7,9-11H2,1-3H3. The summed E-state index contributed by atoms with van der Waals surface area (Å²) >= 11 is 0. The maximum Gasteiger partial charge on any atom is 0.151 e. The second kappa shape index (κ2) is 7.57. The maximum atomic E-state index is 5.40. The molecule has 5 heteroatoms. The molecule has 0 saturated carbocycles. The zero-order valence-corrected chi connectivity index (χ0v) is 12.7. The molecule has 0 aromatic carbocycles. The van der Waals surface area contributed by atoms with Gasteiger partial charge < -0.3 is 14.6 Å². The lowest BCUT2D eigenvalue weighted by Crippen LogP contribution is -2.28. The zero-order chi connectivity index (χ0) is 14.4. The van der Waals surface area contributed by atoms with Gasteiger partial charge in [0.1, 0.15) is 0 Å². The summed E-state index contributed by atoms with van der Waals surface area (Å²) in [5.74, 6) is 0.939. The first kappa shape index (κ1) is 15.2. The zero-order valence-electron chi connectivity index (χ0n) is 12.7. The van der Waals surface area contributed by atoms with Gasteiger partial charge in [0.05, 0.1) is 18.8 Å². The molecule has 0 spiro atoms. The molecule has 0 atom stereocenters. The van der Waals surface area contributed by atoms with Crippen molar-refractivity contribution in [2.45, 2.75) is 39.4 Å². The maximum absolute atomic E-state index is 5.40. The van der Waals surface area contributed by atoms with Crippen LogP contribution < -0.4 is 5.32 Å². The molecule has 0 fully saturated rings. The summed E-state index contributed by atoms with van der Waals surface area (Å²) in [6.07, 6.45) is 3.33. The number of nitrogens with zero attached hydrogens (tertiary/aromatic N) is 2. The molecule has 0 amide bonds. The Kier molecular flexibility index (Phi) is 5.76. The number of methoxy groups -OCH3 is 1. The topological polar surface area (TPSA) is 50.5 Å². The largest absolute Gasteiger partial charge is 0.380 e. The third kappa shape index (κ3) is 4.74. The highest BCUT2D eigenvalue weighted by molar-refractivity contribution is 5.10. The summed E-state index contributed by atoms with van der Waals surface area (Å²) in [6.45, 7) is 8.59. The van der Waals surface area contributed by atoms with E-state index in [4.69, 9.17) is 9.26 Å². The SMILES string of the molecule is COCC1=CCN(Cc2cc(CNC(C)C)no2)CC1. The number of ether oxygens (including phenoxy) is 1. The number of hydrogen-bond donors (Lipinski definition) is 1. The van der Waals surface area contributed by atoms with Gasteiger partial charge in [0.15, 0.2) is 5.76 Å². The molecule has 1 aliphatic heterocycles. The van der Waals surface area contributed by atoms with Gasteiger partial charge in [-0.05, 0) is 12.0 Å². The van der Waals surface area contributed by atoms with E-state index in [1.165, 1.54) is 5.57 Å². The van der Waals surface area contributed by atoms with Gasteiger partial charge in [-0.15, -0.1) is 0 Å². The monoisotopic (exact) mass is 279 g/mol. The highest BCUT2D eigenvalue weighted by atomic mass is 16.5. The Hall–Kier alpha value is -1.17. The fourth-order valence-electron chi connectivity index (χ4n) is 2.26. The van der Waals surface area contributed by atoms with Crippen LogP contribution in [-0.4, -0.2) is 42.9 Å². The lowest BCUT2D eigenvalue weighted by molar-refractivity contribution is 0.204. The Morgan fingerprint density at radius 3 is 3.00 bits per heavy atom. The van der Waals surface area contributed by atoms with Crippen molar-refractivity contribution in [3.05, 3.63) is 29.2 Å². The Balaban J connectivity index is 1.79. The lowest BCUT2D eigenvalue weighted by atomic mass is 10.1. The van der Waals surface area contributed by atoms with E-state index in [0.29, 0.717) is 6.04 Å². The van der Waals surface area contributed by atoms with Crippen molar-refractivity contribution in [3.63, 3.8) is 0 Å². The van der Waals surface area contributed by atoms with Crippen LogP contribution >= 0.6 is 0 Å². The molecule has 0 radical (unpaired) electrons. The van der Waals surface area contributed by atoms with Crippen LogP contribution in [0.5, 0.6) is 0 Å². The van der Waals surface area contributed by atoms with E-state index < -0.39 is 0 Å². The molecule has 2 rings (SSSR count). The molecule has 0 aliphatic carbocycles. The first-order valence-corrected chi connectivity index (χ1v) is 7.24. The van der Waals surface area contributed by atoms with Gasteiger partial charge >= 0.3 is 0 Å². The second-order valence-electron chi connectivity index (χ2n) is 5.60. The van der Waals surface area contributed by atoms with E-state index in [1.807, 2.05) is 6.07 Å². The third-order valence-electron chi connectivity index (χ3n) is 3.40. The van der Waals surface area contributed by atoms with Crippen LogP contribution in [0.15, 0.2) is 22.2 Å². The third-order valence-corrected chi connectivity index (χ3v) is 3.40. The van der Waals surface area contributed by atoms with Crippen molar-refractivity contribution in [1.29, 1.82) is 0 Å². The van der Waals surface area contributed by atoms with Crippen LogP contribution in [0.25, 0.3) is 0 Å². The molecule has 20 heavy (non-hydrogen) atoms. The Bertz CT molecular complexity index is 440. The van der Waals surface area contributed by atoms with Gasteiger partial charge in [0.25, 0.3) is 0 Å². The summed E-state index contributed by atoms with van der Waals surface area (Å²) in [5, 5.41) is 7.44. The normalized spacial score (nSPS) is 16.7. The first-order chi connectivity index (χ1) is 9.67. The van der Waals surface area contributed by atoms with Gasteiger partial charge in [-0.2, -0.15) is 0 Å². The van der Waals surface area contributed by atoms with Crippen LogP contribution in [0.3, 0.4) is 0 Å². The van der Waals surface area contributed by atoms with Crippen LogP contribution in [-0.2, 0) is 17.8 Å². The Morgan fingerprint density at radius 2 is 2.35 bits per heavy atom. The van der Waals surface area contributed by atoms with Gasteiger partial charge in [-0.3, -0.25) is 4.90 Å². The number of nitrogens with one attached hydrogen (secondary N) is 1. The lowest BCUT2D eigenvalue weighted by Gasteiger charge is -2.24. The number of aromatic nitrogens is 1. The molecular weight excluding hydrogens is 254 g/mol. The fourth-order valence-corrected chi connectivity index (χ4v) is 2.26. The number of rotatable bonds is 7. The van der Waals surface area contributed by atoms with Crippen molar-refractivity contribution in [1.82, 2.24) is 15.4 Å². The summed E-state index contributed by atoms with van der Waals surface area (Å²) in [6, 6.07) is 2.51. The molecule has 0 unspecified atom stereocenters. The molecule has 1 N–H and O–H groups in total. The Labute approximate surface area is 121 Å². The average Bonchev–Trinajstić information content (AvgIpc) is 2.87. The van der Waals surface area contributed by atoms with Crippen molar-refractivity contribution < 1.29 is 9.26 Å². The van der Waals surface area contributed by atoms with Crippen molar-refractivity contribution in [2.24, 2.45) is 0 Å². The van der Waals surface area contributed by atoms with E-state index in [1.54, 1.807) is 7.11 Å². The van der Waals surface area contributed by atoms with Crippen LogP contribution in [0.2, 0.25) is 0 Å². The molecule has 0 bridgehead atoms. The molecule has 112 valence electrons. The predicted octanol–water partition coefficient (Wildman–Crippen LogP) is 1.95.